The number of aromatic nitrogens is 1. The van der Waals surface area contributed by atoms with Gasteiger partial charge in [-0.25, -0.2) is 22.0 Å². The summed E-state index contributed by atoms with van der Waals surface area (Å²) >= 11 is 0. The molecule has 0 saturated heterocycles. The Morgan fingerprint density at radius 1 is 0.773 bits per heavy atom. The fourth-order valence-corrected chi connectivity index (χ4v) is 5.91. The lowest BCUT2D eigenvalue weighted by Gasteiger charge is -2.11. The number of carbonyl (C=O) groups is 2. The summed E-state index contributed by atoms with van der Waals surface area (Å²) in [6.07, 6.45) is 1.41. The Morgan fingerprint density at radius 2 is 1.36 bits per heavy atom. The maximum Gasteiger partial charge on any atom is 0.356 e. The minimum atomic E-state index is -4.11. The topological polar surface area (TPSA) is 107 Å². The Morgan fingerprint density at radius 3 is 1.95 bits per heavy atom. The third kappa shape index (κ3) is 7.07. The number of anilines is 2. The maximum atomic E-state index is 13.7. The summed E-state index contributed by atoms with van der Waals surface area (Å²) in [4.78, 5) is 25.8. The molecule has 8 nitrogen and oxygen atoms in total. The van der Waals surface area contributed by atoms with E-state index in [1.54, 1.807) is 36.4 Å². The molecule has 224 valence electrons. The molecule has 0 fully saturated rings. The number of aryl methyl sites for hydroxylation is 1. The van der Waals surface area contributed by atoms with Crippen LogP contribution in [0.2, 0.25) is 0 Å². The van der Waals surface area contributed by atoms with Crippen LogP contribution < -0.4 is 10.6 Å². The van der Waals surface area contributed by atoms with Crippen LogP contribution in [0.3, 0.4) is 0 Å². The highest BCUT2D eigenvalue weighted by Crippen LogP contribution is 2.28. The Kier molecular flexibility index (Phi) is 8.96. The predicted octanol–water partition coefficient (Wildman–Crippen LogP) is 7.82. The maximum absolute atomic E-state index is 13.7. The molecule has 4 aromatic carbocycles. The summed E-state index contributed by atoms with van der Waals surface area (Å²) in [7, 11) is -4.11. The van der Waals surface area contributed by atoms with Gasteiger partial charge in [-0.15, -0.1) is 0 Å². The van der Waals surface area contributed by atoms with Gasteiger partial charge in [-0.05, 0) is 72.0 Å². The minimum absolute atomic E-state index is 0.00489. The third-order valence-corrected chi connectivity index (χ3v) is 8.78. The van der Waals surface area contributed by atoms with E-state index in [1.807, 2.05) is 61.5 Å². The first kappa shape index (κ1) is 30.3. The van der Waals surface area contributed by atoms with Crippen molar-refractivity contribution in [2.24, 2.45) is 0 Å². The van der Waals surface area contributed by atoms with Crippen LogP contribution in [0.25, 0.3) is 11.1 Å². The van der Waals surface area contributed by atoms with Crippen molar-refractivity contribution in [1.29, 1.82) is 0 Å². The fraction of sp³-hybridized carbons (Fsp3) is 0.143. The molecule has 5 rings (SSSR count). The first-order chi connectivity index (χ1) is 21.1. The van der Waals surface area contributed by atoms with Crippen LogP contribution in [0.1, 0.15) is 46.9 Å². The van der Waals surface area contributed by atoms with Crippen LogP contribution in [-0.4, -0.2) is 24.4 Å². The lowest BCUT2D eigenvalue weighted by atomic mass is 10.0. The molecule has 0 bridgehead atoms. The zero-order valence-corrected chi connectivity index (χ0v) is 25.5. The number of esters is 1. The predicted molar refractivity (Wildman–Crippen MR) is 172 cm³/mol. The lowest BCUT2D eigenvalue weighted by molar-refractivity contribution is 0.0464. The van der Waals surface area contributed by atoms with Crippen molar-refractivity contribution in [3.8, 4) is 11.1 Å². The van der Waals surface area contributed by atoms with Gasteiger partial charge in [0.15, 0.2) is 0 Å². The second kappa shape index (κ2) is 13.0. The van der Waals surface area contributed by atoms with Gasteiger partial charge in [-0.1, -0.05) is 86.1 Å². The fourth-order valence-electron chi connectivity index (χ4n) is 4.56. The van der Waals surface area contributed by atoms with Crippen LogP contribution in [0.15, 0.2) is 120 Å². The molecule has 0 radical (unpaired) electrons. The van der Waals surface area contributed by atoms with Crippen molar-refractivity contribution in [1.82, 2.24) is 3.97 Å². The standard InChI is InChI=1S/C35H33N3O5S/c1-24(2)27-11-15-30(16-12-27)36-35(40)37-31-17-13-28(14-18-31)29-21-33(34(39)43-23-26-7-5-4-6-8-26)38(22-29)44(41,42)32-19-9-25(3)10-20-32/h4-22,24H,23H2,1-3H3,(H2,36,37,40). The van der Waals surface area contributed by atoms with E-state index in [0.29, 0.717) is 28.4 Å². The number of urea groups is 1. The number of carbonyl (C=O) groups excluding carboxylic acids is 2. The summed E-state index contributed by atoms with van der Waals surface area (Å²) in [5.41, 5.74) is 5.10. The molecule has 44 heavy (non-hydrogen) atoms. The SMILES string of the molecule is Cc1ccc(S(=O)(=O)n2cc(-c3ccc(NC(=O)Nc4ccc(C(C)C)cc4)cc3)cc2C(=O)OCc2ccccc2)cc1. The molecule has 9 heteroatoms. The van der Waals surface area contributed by atoms with Crippen LogP contribution in [0, 0.1) is 6.92 Å². The highest BCUT2D eigenvalue weighted by Gasteiger charge is 2.26. The number of amides is 2. The zero-order chi connectivity index (χ0) is 31.3. The summed E-state index contributed by atoms with van der Waals surface area (Å²) in [6.45, 7) is 6.07. The molecule has 2 N–H and O–H groups in total. The Bertz CT molecular complexity index is 1860. The van der Waals surface area contributed by atoms with Gasteiger partial charge in [-0.3, -0.25) is 0 Å². The van der Waals surface area contributed by atoms with E-state index in [0.717, 1.165) is 15.1 Å². The first-order valence-electron chi connectivity index (χ1n) is 14.1. The Hall–Kier alpha value is -5.15. The molecule has 2 amide bonds. The zero-order valence-electron chi connectivity index (χ0n) is 24.7. The van der Waals surface area contributed by atoms with E-state index in [2.05, 4.69) is 24.5 Å². The van der Waals surface area contributed by atoms with Crippen LogP contribution >= 0.6 is 0 Å². The van der Waals surface area contributed by atoms with Gasteiger partial charge in [0.1, 0.15) is 12.3 Å². The van der Waals surface area contributed by atoms with Gasteiger partial charge in [0, 0.05) is 23.1 Å². The molecule has 1 heterocycles. The highest BCUT2D eigenvalue weighted by molar-refractivity contribution is 7.90. The summed E-state index contributed by atoms with van der Waals surface area (Å²) < 4.78 is 33.8. The lowest BCUT2D eigenvalue weighted by Crippen LogP contribution is -2.19. The van der Waals surface area contributed by atoms with Crippen molar-refractivity contribution in [2.45, 2.75) is 38.2 Å². The molecule has 1 aromatic heterocycles. The number of nitrogens with one attached hydrogen (secondary N) is 2. The summed E-state index contributed by atoms with van der Waals surface area (Å²) in [5, 5.41) is 5.61. The molecule has 0 spiro atoms. The van der Waals surface area contributed by atoms with Gasteiger partial charge in [-0.2, -0.15) is 0 Å². The minimum Gasteiger partial charge on any atom is -0.456 e. The van der Waals surface area contributed by atoms with E-state index in [9.17, 15) is 18.0 Å². The molecule has 5 aromatic rings. The largest absolute Gasteiger partial charge is 0.456 e. The third-order valence-electron chi connectivity index (χ3n) is 7.10. The van der Waals surface area contributed by atoms with E-state index in [1.165, 1.54) is 30.0 Å². The summed E-state index contributed by atoms with van der Waals surface area (Å²) in [5.74, 6) is -0.376. The Balaban J connectivity index is 1.37. The average molecular weight is 608 g/mol. The van der Waals surface area contributed by atoms with Crippen molar-refractivity contribution in [3.05, 3.63) is 138 Å². The molecule has 0 aliphatic rings. The second-order valence-corrected chi connectivity index (χ2v) is 12.5. The number of ether oxygens (including phenoxy) is 1. The molecular weight excluding hydrogens is 574 g/mol. The van der Waals surface area contributed by atoms with Gasteiger partial charge >= 0.3 is 12.0 Å². The van der Waals surface area contributed by atoms with Crippen molar-refractivity contribution >= 4 is 33.4 Å². The van der Waals surface area contributed by atoms with E-state index in [4.69, 9.17) is 4.74 Å². The molecule has 0 aliphatic carbocycles. The number of hydrogen-bond donors (Lipinski definition) is 2. The van der Waals surface area contributed by atoms with Crippen molar-refractivity contribution < 1.29 is 22.7 Å². The number of benzene rings is 4. The molecule has 0 unspecified atom stereocenters. The van der Waals surface area contributed by atoms with E-state index >= 15 is 0 Å². The Labute approximate surface area is 257 Å². The van der Waals surface area contributed by atoms with E-state index in [-0.39, 0.29) is 17.2 Å². The number of nitrogens with zero attached hydrogens (tertiary/aromatic N) is 1. The van der Waals surface area contributed by atoms with Gasteiger partial charge in [0.2, 0.25) is 0 Å². The van der Waals surface area contributed by atoms with Gasteiger partial charge in [0.05, 0.1) is 4.90 Å². The van der Waals surface area contributed by atoms with Crippen molar-refractivity contribution in [3.63, 3.8) is 0 Å². The number of hydrogen-bond acceptors (Lipinski definition) is 5. The molecule has 0 saturated carbocycles. The molecular formula is C35H33N3O5S. The van der Waals surface area contributed by atoms with Crippen molar-refractivity contribution in [2.75, 3.05) is 10.6 Å². The number of rotatable bonds is 9. The van der Waals surface area contributed by atoms with Gasteiger partial charge < -0.3 is 15.4 Å². The second-order valence-electron chi connectivity index (χ2n) is 10.7. The highest BCUT2D eigenvalue weighted by atomic mass is 32.2. The smallest absolute Gasteiger partial charge is 0.356 e. The first-order valence-corrected chi connectivity index (χ1v) is 15.6. The quantitative estimate of drug-likeness (QED) is 0.166. The molecule has 0 aliphatic heterocycles. The summed E-state index contributed by atoms with van der Waals surface area (Å²) in [6, 6.07) is 31.2. The monoisotopic (exact) mass is 607 g/mol. The van der Waals surface area contributed by atoms with Gasteiger partial charge in [0.25, 0.3) is 10.0 Å². The normalized spacial score (nSPS) is 11.3. The molecule has 0 atom stereocenters. The van der Waals surface area contributed by atoms with Crippen LogP contribution in [0.5, 0.6) is 0 Å². The average Bonchev–Trinajstić information content (AvgIpc) is 3.48. The van der Waals surface area contributed by atoms with Crippen LogP contribution in [-0.2, 0) is 21.4 Å². The van der Waals surface area contributed by atoms with E-state index < -0.39 is 22.0 Å². The van der Waals surface area contributed by atoms with Crippen LogP contribution in [0.4, 0.5) is 16.2 Å².